The highest BCUT2D eigenvalue weighted by Crippen LogP contribution is 2.27. The van der Waals surface area contributed by atoms with E-state index in [2.05, 4.69) is 35.3 Å². The first kappa shape index (κ1) is 18.4. The number of anilines is 2. The minimum atomic E-state index is -4.07. The van der Waals surface area contributed by atoms with E-state index < -0.39 is 15.8 Å². The SMILES string of the molecule is COc1ncc(NS(=O)(=O)c2ccc(F)c(-c3nn[nH]n3)c2)c(N(C)C)n1. The van der Waals surface area contributed by atoms with Gasteiger partial charge in [-0.25, -0.2) is 17.8 Å². The molecule has 0 aliphatic heterocycles. The van der Waals surface area contributed by atoms with Gasteiger partial charge in [0.2, 0.25) is 5.82 Å². The van der Waals surface area contributed by atoms with Gasteiger partial charge in [0.05, 0.1) is 23.8 Å². The molecule has 2 N–H and O–H groups in total. The molecule has 1 aromatic carbocycles. The molecule has 2 aromatic heterocycles. The molecule has 0 unspecified atom stereocenters. The minimum absolute atomic E-state index is 0.0636. The molecule has 0 bridgehead atoms. The molecule has 0 amide bonds. The summed E-state index contributed by atoms with van der Waals surface area (Å²) in [6, 6.07) is 3.34. The molecule has 0 atom stereocenters. The summed E-state index contributed by atoms with van der Waals surface area (Å²) in [5, 5.41) is 12.9. The van der Waals surface area contributed by atoms with E-state index in [4.69, 9.17) is 4.74 Å². The molecule has 3 rings (SSSR count). The van der Waals surface area contributed by atoms with Gasteiger partial charge in [0.1, 0.15) is 11.5 Å². The molecule has 0 radical (unpaired) electrons. The molecule has 2 heterocycles. The average molecular weight is 394 g/mol. The summed E-state index contributed by atoms with van der Waals surface area (Å²) in [6.07, 6.45) is 1.28. The van der Waals surface area contributed by atoms with Gasteiger partial charge in [-0.05, 0) is 23.4 Å². The molecule has 0 saturated carbocycles. The second-order valence-corrected chi connectivity index (χ2v) is 7.15. The number of H-pyrrole nitrogens is 1. The number of nitrogens with zero attached hydrogens (tertiary/aromatic N) is 6. The van der Waals surface area contributed by atoms with Crippen molar-refractivity contribution in [1.82, 2.24) is 30.6 Å². The number of methoxy groups -OCH3 is 1. The summed E-state index contributed by atoms with van der Waals surface area (Å²) >= 11 is 0. The van der Waals surface area contributed by atoms with E-state index in [9.17, 15) is 12.8 Å². The molecule has 0 fully saturated rings. The minimum Gasteiger partial charge on any atom is -0.467 e. The molecule has 13 heteroatoms. The Kier molecular flexibility index (Phi) is 4.85. The number of aromatic amines is 1. The zero-order valence-electron chi connectivity index (χ0n) is 14.5. The highest BCUT2D eigenvalue weighted by molar-refractivity contribution is 7.92. The lowest BCUT2D eigenvalue weighted by Crippen LogP contribution is -2.19. The Bertz CT molecular complexity index is 1060. The highest BCUT2D eigenvalue weighted by Gasteiger charge is 2.21. The molecule has 11 nitrogen and oxygen atoms in total. The van der Waals surface area contributed by atoms with Gasteiger partial charge in [0, 0.05) is 14.1 Å². The van der Waals surface area contributed by atoms with Crippen molar-refractivity contribution in [3.05, 3.63) is 30.2 Å². The van der Waals surface area contributed by atoms with Crippen LogP contribution in [-0.4, -0.2) is 60.2 Å². The van der Waals surface area contributed by atoms with Crippen LogP contribution in [0.2, 0.25) is 0 Å². The van der Waals surface area contributed by atoms with Crippen LogP contribution in [0.25, 0.3) is 11.4 Å². The number of tetrazole rings is 1. The van der Waals surface area contributed by atoms with Crippen molar-refractivity contribution >= 4 is 21.5 Å². The van der Waals surface area contributed by atoms with Crippen LogP contribution in [0.15, 0.2) is 29.3 Å². The Morgan fingerprint density at radius 1 is 1.30 bits per heavy atom. The highest BCUT2D eigenvalue weighted by atomic mass is 32.2. The number of halogens is 1. The molecule has 27 heavy (non-hydrogen) atoms. The summed E-state index contributed by atoms with van der Waals surface area (Å²) < 4.78 is 46.9. The van der Waals surface area contributed by atoms with Gasteiger partial charge in [-0.1, -0.05) is 0 Å². The zero-order chi connectivity index (χ0) is 19.6. The fourth-order valence-corrected chi connectivity index (χ4v) is 3.26. The van der Waals surface area contributed by atoms with Gasteiger partial charge in [0.15, 0.2) is 5.82 Å². The number of sulfonamides is 1. The molecule has 3 aromatic rings. The van der Waals surface area contributed by atoms with E-state index in [1.807, 2.05) is 0 Å². The van der Waals surface area contributed by atoms with E-state index in [-0.39, 0.29) is 28.0 Å². The molecular weight excluding hydrogens is 379 g/mol. The Hall–Kier alpha value is -3.35. The van der Waals surface area contributed by atoms with E-state index in [0.717, 1.165) is 18.2 Å². The number of hydrogen-bond donors (Lipinski definition) is 2. The monoisotopic (exact) mass is 394 g/mol. The van der Waals surface area contributed by atoms with Crippen LogP contribution in [0.4, 0.5) is 15.9 Å². The normalized spacial score (nSPS) is 11.3. The van der Waals surface area contributed by atoms with Crippen LogP contribution in [0, 0.1) is 5.82 Å². The van der Waals surface area contributed by atoms with Crippen molar-refractivity contribution in [1.29, 1.82) is 0 Å². The quantitative estimate of drug-likeness (QED) is 0.617. The third kappa shape index (κ3) is 3.76. The van der Waals surface area contributed by atoms with Crippen LogP contribution < -0.4 is 14.4 Å². The summed E-state index contributed by atoms with van der Waals surface area (Å²) in [5.74, 6) is -0.450. The summed E-state index contributed by atoms with van der Waals surface area (Å²) in [7, 11) is 0.702. The van der Waals surface area contributed by atoms with Crippen molar-refractivity contribution in [3.63, 3.8) is 0 Å². The van der Waals surface area contributed by atoms with Gasteiger partial charge < -0.3 is 9.64 Å². The van der Waals surface area contributed by atoms with Gasteiger partial charge in [0.25, 0.3) is 10.0 Å². The Morgan fingerprint density at radius 2 is 2.07 bits per heavy atom. The van der Waals surface area contributed by atoms with Crippen molar-refractivity contribution in [2.24, 2.45) is 0 Å². The number of aromatic nitrogens is 6. The fourth-order valence-electron chi connectivity index (χ4n) is 2.19. The first-order valence-electron chi connectivity index (χ1n) is 7.46. The predicted molar refractivity (Wildman–Crippen MR) is 93.3 cm³/mol. The largest absolute Gasteiger partial charge is 0.467 e. The molecule has 0 aliphatic rings. The third-order valence-corrected chi connectivity index (χ3v) is 4.79. The van der Waals surface area contributed by atoms with Gasteiger partial charge >= 0.3 is 6.01 Å². The van der Waals surface area contributed by atoms with E-state index in [1.165, 1.54) is 13.3 Å². The molecule has 0 spiro atoms. The predicted octanol–water partition coefficient (Wildman–Crippen LogP) is 0.671. The van der Waals surface area contributed by atoms with Crippen LogP contribution in [0.3, 0.4) is 0 Å². The van der Waals surface area contributed by atoms with Gasteiger partial charge in [-0.3, -0.25) is 4.72 Å². The Labute approximate surface area is 153 Å². The summed E-state index contributed by atoms with van der Waals surface area (Å²) in [4.78, 5) is 9.43. The molecule has 142 valence electrons. The third-order valence-electron chi connectivity index (χ3n) is 3.43. The van der Waals surface area contributed by atoms with Crippen LogP contribution >= 0.6 is 0 Å². The lowest BCUT2D eigenvalue weighted by Gasteiger charge is -2.17. The van der Waals surface area contributed by atoms with Gasteiger partial charge in [-0.15, -0.1) is 10.2 Å². The summed E-state index contributed by atoms with van der Waals surface area (Å²) in [5.41, 5.74) is 0.0247. The second-order valence-electron chi connectivity index (χ2n) is 5.47. The molecule has 0 aliphatic carbocycles. The summed E-state index contributed by atoms with van der Waals surface area (Å²) in [6.45, 7) is 0. The lowest BCUT2D eigenvalue weighted by molar-refractivity contribution is 0.380. The number of nitrogens with one attached hydrogen (secondary N) is 2. The second kappa shape index (κ2) is 7.11. The van der Waals surface area contributed by atoms with Crippen molar-refractivity contribution < 1.29 is 17.5 Å². The topological polar surface area (TPSA) is 139 Å². The number of hydrogen-bond acceptors (Lipinski definition) is 9. The van der Waals surface area contributed by atoms with E-state index >= 15 is 0 Å². The number of benzene rings is 1. The maximum atomic E-state index is 14.0. The van der Waals surface area contributed by atoms with E-state index in [0.29, 0.717) is 5.82 Å². The molecular formula is C14H15FN8O3S. The molecule has 0 saturated heterocycles. The van der Waals surface area contributed by atoms with Gasteiger partial charge in [-0.2, -0.15) is 10.2 Å². The van der Waals surface area contributed by atoms with Crippen molar-refractivity contribution in [2.75, 3.05) is 30.8 Å². The maximum absolute atomic E-state index is 14.0. The Balaban J connectivity index is 2.00. The first-order chi connectivity index (χ1) is 12.8. The smallest absolute Gasteiger partial charge is 0.318 e. The fraction of sp³-hybridized carbons (Fsp3) is 0.214. The van der Waals surface area contributed by atoms with Crippen molar-refractivity contribution in [2.45, 2.75) is 4.90 Å². The number of rotatable bonds is 6. The zero-order valence-corrected chi connectivity index (χ0v) is 15.3. The van der Waals surface area contributed by atoms with Crippen LogP contribution in [0.1, 0.15) is 0 Å². The lowest BCUT2D eigenvalue weighted by atomic mass is 10.2. The average Bonchev–Trinajstić information content (AvgIpc) is 3.16. The maximum Gasteiger partial charge on any atom is 0.318 e. The first-order valence-corrected chi connectivity index (χ1v) is 8.94. The Morgan fingerprint density at radius 3 is 2.70 bits per heavy atom. The van der Waals surface area contributed by atoms with E-state index in [1.54, 1.807) is 19.0 Å². The van der Waals surface area contributed by atoms with Crippen molar-refractivity contribution in [3.8, 4) is 17.4 Å². The standard InChI is InChI=1S/C14H15FN8O3S/c1-23(2)13-11(7-16-14(17-13)26-3)20-27(24,25)8-4-5-10(15)9(6-8)12-18-21-22-19-12/h4-7,20H,1-3H3,(H,18,19,21,22). The number of ether oxygens (including phenoxy) is 1. The van der Waals surface area contributed by atoms with Crippen LogP contribution in [0.5, 0.6) is 6.01 Å². The van der Waals surface area contributed by atoms with Crippen LogP contribution in [-0.2, 0) is 10.0 Å².